The van der Waals surface area contributed by atoms with E-state index in [1.54, 1.807) is 45.0 Å². The highest BCUT2D eigenvalue weighted by molar-refractivity contribution is 5.36. The SMILES string of the molecule is Cc1cc(C[C@H](CO[C@@H]2O[C@H](CO)[C@@H](O)[C@H](O)[C@H]2O)[C@@H](CO[C@@H]2O[C@H](CO)[C@@H](C)[C@H](O)[C@H]2O)Cc2ccc(O)c(C)c2)ccc1O. The van der Waals surface area contributed by atoms with E-state index in [1.165, 1.54) is 0 Å². The number of hydrogen-bond acceptors (Lipinski definition) is 13. The molecule has 2 heterocycles. The molecule has 13 heteroatoms. The monoisotopic (exact) mass is 652 g/mol. The molecule has 2 aliphatic heterocycles. The number of aryl methyl sites for hydroxylation is 2. The molecule has 0 aliphatic carbocycles. The molecule has 0 radical (unpaired) electrons. The van der Waals surface area contributed by atoms with Crippen LogP contribution in [0.15, 0.2) is 36.4 Å². The molecule has 0 aromatic heterocycles. The molecular weight excluding hydrogens is 604 g/mol. The normalized spacial score (nSPS) is 33.1. The molecule has 2 aliphatic rings. The Kier molecular flexibility index (Phi) is 12.8. The topological polar surface area (TPSA) is 219 Å². The van der Waals surface area contributed by atoms with Gasteiger partial charge in [0, 0.05) is 5.92 Å². The van der Waals surface area contributed by atoms with Crippen LogP contribution in [0.4, 0.5) is 0 Å². The highest BCUT2D eigenvalue weighted by Gasteiger charge is 2.45. The van der Waals surface area contributed by atoms with Crippen LogP contribution in [0.2, 0.25) is 0 Å². The molecule has 0 saturated carbocycles. The number of phenolic OH excluding ortho intramolecular Hbond substituents is 2. The summed E-state index contributed by atoms with van der Waals surface area (Å²) in [6, 6.07) is 10.4. The van der Waals surface area contributed by atoms with E-state index < -0.39 is 73.8 Å². The van der Waals surface area contributed by atoms with E-state index in [2.05, 4.69) is 0 Å². The van der Waals surface area contributed by atoms with E-state index in [0.717, 1.165) is 11.1 Å². The minimum atomic E-state index is -1.62. The van der Waals surface area contributed by atoms with E-state index in [9.17, 15) is 46.0 Å². The number of aromatic hydroxyl groups is 2. The Labute approximate surface area is 268 Å². The lowest BCUT2D eigenvalue weighted by molar-refractivity contribution is -0.305. The minimum Gasteiger partial charge on any atom is -0.508 e. The number of ether oxygens (including phenoxy) is 4. The zero-order chi connectivity index (χ0) is 33.7. The van der Waals surface area contributed by atoms with E-state index >= 15 is 0 Å². The lowest BCUT2D eigenvalue weighted by Gasteiger charge is -2.42. The van der Waals surface area contributed by atoms with Crippen molar-refractivity contribution in [3.63, 3.8) is 0 Å². The fourth-order valence-electron chi connectivity index (χ4n) is 6.08. The van der Waals surface area contributed by atoms with Gasteiger partial charge in [0.15, 0.2) is 12.6 Å². The van der Waals surface area contributed by atoms with Gasteiger partial charge in [0.25, 0.3) is 0 Å². The van der Waals surface area contributed by atoms with Crippen molar-refractivity contribution in [1.82, 2.24) is 0 Å². The molecule has 2 aromatic rings. The molecule has 0 spiro atoms. The Morgan fingerprint density at radius 3 is 1.50 bits per heavy atom. The Hall–Kier alpha value is -2.40. The van der Waals surface area contributed by atoms with Crippen LogP contribution < -0.4 is 0 Å². The molecule has 4 rings (SSSR count). The molecule has 13 nitrogen and oxygen atoms in total. The maximum Gasteiger partial charge on any atom is 0.186 e. The molecule has 2 saturated heterocycles. The second-order valence-corrected chi connectivity index (χ2v) is 12.6. The molecule has 0 unspecified atom stereocenters. The van der Waals surface area contributed by atoms with Crippen molar-refractivity contribution in [1.29, 1.82) is 0 Å². The van der Waals surface area contributed by atoms with Crippen LogP contribution in [0.3, 0.4) is 0 Å². The summed E-state index contributed by atoms with van der Waals surface area (Å²) in [6.45, 7) is 4.14. The van der Waals surface area contributed by atoms with Gasteiger partial charge in [-0.25, -0.2) is 0 Å². The van der Waals surface area contributed by atoms with Crippen molar-refractivity contribution in [3.05, 3.63) is 58.7 Å². The van der Waals surface area contributed by atoms with Crippen LogP contribution in [-0.2, 0) is 31.8 Å². The van der Waals surface area contributed by atoms with Crippen LogP contribution in [0, 0.1) is 31.6 Å². The van der Waals surface area contributed by atoms with Gasteiger partial charge in [0.1, 0.15) is 42.0 Å². The Morgan fingerprint density at radius 1 is 0.630 bits per heavy atom. The number of hydrogen-bond donors (Lipinski definition) is 9. The standard InChI is InChI=1S/C33H48O13/c1-16-8-19(4-6-23(16)36)10-21(14-43-32-30(41)27(38)18(3)25(12-34)45-32)22(11-20-5-7-24(37)17(2)9-20)15-44-33-31(42)29(40)28(39)26(13-35)46-33/h4-9,18,21-22,25-42H,10-15H2,1-3H3/t18-,21-,22-,25-,26-,27+,28-,29+,30-,31-,32-,33-/m1/s1. The Balaban J connectivity index is 1.63. The van der Waals surface area contributed by atoms with E-state index in [1.807, 2.05) is 12.1 Å². The third-order valence-electron chi connectivity index (χ3n) is 9.23. The second-order valence-electron chi connectivity index (χ2n) is 12.6. The largest absolute Gasteiger partial charge is 0.508 e. The third-order valence-corrected chi connectivity index (χ3v) is 9.23. The molecule has 2 fully saturated rings. The highest BCUT2D eigenvalue weighted by atomic mass is 16.7. The molecule has 46 heavy (non-hydrogen) atoms. The molecule has 12 atom stereocenters. The number of phenols is 2. The maximum atomic E-state index is 10.8. The zero-order valence-corrected chi connectivity index (χ0v) is 26.3. The Morgan fingerprint density at radius 2 is 1.07 bits per heavy atom. The quantitative estimate of drug-likeness (QED) is 0.135. The van der Waals surface area contributed by atoms with E-state index in [-0.39, 0.29) is 37.2 Å². The summed E-state index contributed by atoms with van der Waals surface area (Å²) in [7, 11) is 0. The molecule has 0 amide bonds. The zero-order valence-electron chi connectivity index (χ0n) is 26.3. The fraction of sp³-hybridized carbons (Fsp3) is 0.636. The van der Waals surface area contributed by atoms with Crippen LogP contribution in [0.5, 0.6) is 11.5 Å². The van der Waals surface area contributed by atoms with Crippen molar-refractivity contribution in [3.8, 4) is 11.5 Å². The fourth-order valence-corrected chi connectivity index (χ4v) is 6.08. The van der Waals surface area contributed by atoms with Gasteiger partial charge in [-0.1, -0.05) is 31.2 Å². The molecule has 9 N–H and O–H groups in total. The second kappa shape index (κ2) is 16.1. The van der Waals surface area contributed by atoms with Gasteiger partial charge in [-0.3, -0.25) is 0 Å². The predicted octanol–water partition coefficient (Wildman–Crippen LogP) is -0.360. The van der Waals surface area contributed by atoms with Gasteiger partial charge in [0.2, 0.25) is 0 Å². The number of rotatable bonds is 13. The van der Waals surface area contributed by atoms with Gasteiger partial charge in [-0.2, -0.15) is 0 Å². The van der Waals surface area contributed by atoms with Gasteiger partial charge < -0.3 is 64.9 Å². The van der Waals surface area contributed by atoms with E-state index in [4.69, 9.17) is 18.9 Å². The van der Waals surface area contributed by atoms with Crippen molar-refractivity contribution in [2.24, 2.45) is 17.8 Å². The summed E-state index contributed by atoms with van der Waals surface area (Å²) in [5.41, 5.74) is 3.03. The van der Waals surface area contributed by atoms with Crippen LogP contribution in [0.1, 0.15) is 29.2 Å². The summed E-state index contributed by atoms with van der Waals surface area (Å²) >= 11 is 0. The highest BCUT2D eigenvalue weighted by Crippen LogP contribution is 2.32. The predicted molar refractivity (Wildman–Crippen MR) is 163 cm³/mol. The average molecular weight is 653 g/mol. The van der Waals surface area contributed by atoms with Gasteiger partial charge in [0.05, 0.1) is 38.6 Å². The molecule has 2 aromatic carbocycles. The van der Waals surface area contributed by atoms with Gasteiger partial charge in [-0.15, -0.1) is 0 Å². The molecule has 0 bridgehead atoms. The summed E-state index contributed by atoms with van der Waals surface area (Å²) < 4.78 is 23.5. The van der Waals surface area contributed by atoms with Crippen molar-refractivity contribution in [2.45, 2.75) is 88.9 Å². The van der Waals surface area contributed by atoms with Crippen molar-refractivity contribution < 1.29 is 64.9 Å². The summed E-state index contributed by atoms with van der Waals surface area (Å²) in [5.74, 6) is -1.05. The van der Waals surface area contributed by atoms with Gasteiger partial charge >= 0.3 is 0 Å². The summed E-state index contributed by atoms with van der Waals surface area (Å²) in [5, 5.41) is 92.1. The summed E-state index contributed by atoms with van der Waals surface area (Å²) in [6.07, 6.45) is -11.1. The Bertz CT molecular complexity index is 1160. The molecule has 258 valence electrons. The first-order valence-corrected chi connectivity index (χ1v) is 15.6. The van der Waals surface area contributed by atoms with Crippen LogP contribution in [0.25, 0.3) is 0 Å². The van der Waals surface area contributed by atoms with Crippen LogP contribution >= 0.6 is 0 Å². The van der Waals surface area contributed by atoms with Crippen LogP contribution in [-0.4, -0.2) is 128 Å². The first kappa shape index (κ1) is 36.4. The average Bonchev–Trinajstić information content (AvgIpc) is 3.04. The summed E-state index contributed by atoms with van der Waals surface area (Å²) in [4.78, 5) is 0. The van der Waals surface area contributed by atoms with Crippen molar-refractivity contribution >= 4 is 0 Å². The number of aliphatic hydroxyl groups is 7. The number of benzene rings is 2. The van der Waals surface area contributed by atoms with E-state index in [0.29, 0.717) is 24.0 Å². The smallest absolute Gasteiger partial charge is 0.186 e. The number of aliphatic hydroxyl groups excluding tert-OH is 7. The minimum absolute atomic E-state index is 0.0132. The first-order chi connectivity index (χ1) is 21.8. The lowest BCUT2D eigenvalue weighted by atomic mass is 9.83. The molecular formula is C33H48O13. The maximum absolute atomic E-state index is 10.8. The lowest BCUT2D eigenvalue weighted by Crippen LogP contribution is -2.59. The first-order valence-electron chi connectivity index (χ1n) is 15.6. The van der Waals surface area contributed by atoms with Crippen molar-refractivity contribution in [2.75, 3.05) is 26.4 Å². The third kappa shape index (κ3) is 8.54. The van der Waals surface area contributed by atoms with Gasteiger partial charge in [-0.05, 0) is 72.9 Å².